The highest BCUT2D eigenvalue weighted by Gasteiger charge is 2.28. The largest absolute Gasteiger partial charge is 0.497 e. The van der Waals surface area contributed by atoms with Crippen LogP contribution in [0.4, 0.5) is 5.69 Å². The molecule has 1 aromatic carbocycles. The van der Waals surface area contributed by atoms with Gasteiger partial charge in [0.2, 0.25) is 0 Å². The number of pyridine rings is 1. The molecule has 120 valence electrons. The molecule has 3 N–H and O–H groups in total. The van der Waals surface area contributed by atoms with Crippen molar-refractivity contribution >= 4 is 11.5 Å². The Balaban J connectivity index is 1.90. The molecule has 2 aromatic rings. The summed E-state index contributed by atoms with van der Waals surface area (Å²) < 4.78 is 6.76. The number of anilines is 1. The first-order valence-corrected chi connectivity index (χ1v) is 7.49. The Morgan fingerprint density at radius 2 is 1.96 bits per heavy atom. The Hall–Kier alpha value is -2.76. The molecule has 0 radical (unpaired) electrons. The monoisotopic (exact) mass is 312 g/mol. The third kappa shape index (κ3) is 2.67. The van der Waals surface area contributed by atoms with Gasteiger partial charge in [0.1, 0.15) is 11.6 Å². The third-order valence-corrected chi connectivity index (χ3v) is 4.22. The van der Waals surface area contributed by atoms with Crippen LogP contribution in [-0.4, -0.2) is 28.5 Å². The average Bonchev–Trinajstić information content (AvgIpc) is 2.56. The van der Waals surface area contributed by atoms with Crippen molar-refractivity contribution < 1.29 is 4.74 Å². The van der Waals surface area contributed by atoms with E-state index in [2.05, 4.69) is 0 Å². The molecule has 1 aromatic heterocycles. The van der Waals surface area contributed by atoms with Crippen molar-refractivity contribution in [3.63, 3.8) is 0 Å². The summed E-state index contributed by atoms with van der Waals surface area (Å²) >= 11 is 0. The van der Waals surface area contributed by atoms with Crippen LogP contribution in [0.5, 0.6) is 5.75 Å². The smallest absolute Gasteiger partial charge is 0.274 e. The van der Waals surface area contributed by atoms with Crippen LogP contribution in [0.15, 0.2) is 41.2 Å². The molecule has 0 bridgehead atoms. The second-order valence-electron chi connectivity index (χ2n) is 5.76. The van der Waals surface area contributed by atoms with Gasteiger partial charge in [0.25, 0.3) is 5.56 Å². The Morgan fingerprint density at radius 1 is 1.26 bits per heavy atom. The summed E-state index contributed by atoms with van der Waals surface area (Å²) in [5.41, 5.74) is 7.39. The van der Waals surface area contributed by atoms with Crippen LogP contribution in [0.1, 0.15) is 18.2 Å². The molecule has 1 unspecified atom stereocenters. The molecule has 0 saturated carbocycles. The van der Waals surface area contributed by atoms with E-state index in [0.29, 0.717) is 24.6 Å². The van der Waals surface area contributed by atoms with Gasteiger partial charge in [-0.1, -0.05) is 12.1 Å². The summed E-state index contributed by atoms with van der Waals surface area (Å²) in [4.78, 5) is 14.1. The summed E-state index contributed by atoms with van der Waals surface area (Å²) in [6.07, 6.45) is 0. The van der Waals surface area contributed by atoms with Crippen LogP contribution >= 0.6 is 0 Å². The lowest BCUT2D eigenvalue weighted by atomic mass is 10.1. The highest BCUT2D eigenvalue weighted by Crippen LogP contribution is 2.20. The number of hydrogen-bond acceptors (Lipinski definition) is 4. The predicted octanol–water partition coefficient (Wildman–Crippen LogP) is 1.67. The Morgan fingerprint density at radius 3 is 2.61 bits per heavy atom. The van der Waals surface area contributed by atoms with Crippen LogP contribution in [0.3, 0.4) is 0 Å². The van der Waals surface area contributed by atoms with E-state index < -0.39 is 0 Å². The zero-order valence-corrected chi connectivity index (χ0v) is 13.2. The summed E-state index contributed by atoms with van der Waals surface area (Å²) in [7, 11) is 1.64. The number of ether oxygens (including phenoxy) is 1. The number of methoxy groups -OCH3 is 1. The molecule has 0 aliphatic carbocycles. The van der Waals surface area contributed by atoms with Crippen LogP contribution < -0.4 is 16.0 Å². The van der Waals surface area contributed by atoms with E-state index >= 15 is 0 Å². The number of nitrogens with zero attached hydrogens (tertiary/aromatic N) is 2. The first kappa shape index (κ1) is 15.1. The van der Waals surface area contributed by atoms with Crippen LogP contribution in [0.25, 0.3) is 0 Å². The van der Waals surface area contributed by atoms with Gasteiger partial charge in [-0.2, -0.15) is 0 Å². The van der Waals surface area contributed by atoms with Crippen molar-refractivity contribution in [2.45, 2.75) is 26.1 Å². The standard InChI is InChI=1S/C17H20N4O2/c1-11-9-21-15(8-7-14(18)17(21)22)16(19)20(11)10-12-3-5-13(23-2)6-4-12/h3-8,11,19H,9-10,18H2,1-2H3. The van der Waals surface area contributed by atoms with Gasteiger partial charge in [-0.25, -0.2) is 0 Å². The molecule has 0 fully saturated rings. The molecular weight excluding hydrogens is 292 g/mol. The van der Waals surface area contributed by atoms with Crippen molar-refractivity contribution in [1.82, 2.24) is 9.47 Å². The first-order chi connectivity index (χ1) is 11.0. The van der Waals surface area contributed by atoms with Gasteiger partial charge in [-0.15, -0.1) is 0 Å². The van der Waals surface area contributed by atoms with Crippen LogP contribution in [-0.2, 0) is 13.1 Å². The normalized spacial score (nSPS) is 17.0. The number of benzene rings is 1. The highest BCUT2D eigenvalue weighted by atomic mass is 16.5. The minimum atomic E-state index is -0.219. The Labute approximate surface area is 134 Å². The lowest BCUT2D eigenvalue weighted by molar-refractivity contribution is 0.269. The summed E-state index contributed by atoms with van der Waals surface area (Å²) in [6, 6.07) is 11.2. The fraction of sp³-hybridized carbons (Fsp3) is 0.294. The fourth-order valence-corrected chi connectivity index (χ4v) is 2.88. The SMILES string of the molecule is COc1ccc(CN2C(=N)c3ccc(N)c(=O)n3CC2C)cc1. The van der Waals surface area contributed by atoms with E-state index in [1.165, 1.54) is 0 Å². The van der Waals surface area contributed by atoms with E-state index in [9.17, 15) is 4.79 Å². The zero-order valence-electron chi connectivity index (χ0n) is 13.2. The van der Waals surface area contributed by atoms with E-state index in [1.54, 1.807) is 23.8 Å². The summed E-state index contributed by atoms with van der Waals surface area (Å²) in [6.45, 7) is 3.15. The second-order valence-corrected chi connectivity index (χ2v) is 5.76. The van der Waals surface area contributed by atoms with Gasteiger partial charge in [0, 0.05) is 19.1 Å². The maximum absolute atomic E-state index is 12.1. The number of aromatic nitrogens is 1. The number of hydrogen-bond donors (Lipinski definition) is 2. The first-order valence-electron chi connectivity index (χ1n) is 7.49. The number of amidine groups is 1. The topological polar surface area (TPSA) is 84.3 Å². The number of fused-ring (bicyclic) bond motifs is 1. The molecule has 1 aliphatic heterocycles. The van der Waals surface area contributed by atoms with Gasteiger partial charge >= 0.3 is 0 Å². The molecule has 2 heterocycles. The molecule has 6 nitrogen and oxygen atoms in total. The Kier molecular flexibility index (Phi) is 3.82. The minimum absolute atomic E-state index is 0.0385. The number of rotatable bonds is 3. The molecular formula is C17H20N4O2. The van der Waals surface area contributed by atoms with Gasteiger partial charge in [-0.3, -0.25) is 10.2 Å². The Bertz CT molecular complexity index is 795. The third-order valence-electron chi connectivity index (χ3n) is 4.22. The van der Waals surface area contributed by atoms with E-state index in [1.807, 2.05) is 36.1 Å². The van der Waals surface area contributed by atoms with Crippen molar-refractivity contribution in [3.8, 4) is 5.75 Å². The molecule has 23 heavy (non-hydrogen) atoms. The van der Waals surface area contributed by atoms with Crippen molar-refractivity contribution in [3.05, 3.63) is 58.0 Å². The average molecular weight is 312 g/mol. The van der Waals surface area contributed by atoms with Gasteiger partial charge in [0.05, 0.1) is 18.5 Å². The molecule has 0 amide bonds. The number of nitrogen functional groups attached to an aromatic ring is 1. The zero-order chi connectivity index (χ0) is 16.6. The van der Waals surface area contributed by atoms with Gasteiger partial charge < -0.3 is 19.9 Å². The quantitative estimate of drug-likeness (QED) is 0.903. The lowest BCUT2D eigenvalue weighted by Crippen LogP contribution is -2.49. The number of nitrogens with one attached hydrogen (secondary N) is 1. The van der Waals surface area contributed by atoms with E-state index in [4.69, 9.17) is 15.9 Å². The molecule has 6 heteroatoms. The summed E-state index contributed by atoms with van der Waals surface area (Å²) in [5.74, 6) is 1.15. The van der Waals surface area contributed by atoms with Crippen molar-refractivity contribution in [1.29, 1.82) is 5.41 Å². The summed E-state index contributed by atoms with van der Waals surface area (Å²) in [5, 5.41) is 8.45. The fourth-order valence-electron chi connectivity index (χ4n) is 2.88. The molecule has 1 atom stereocenters. The van der Waals surface area contributed by atoms with Gasteiger partial charge in [-0.05, 0) is 36.8 Å². The molecule has 0 spiro atoms. The lowest BCUT2D eigenvalue weighted by Gasteiger charge is -2.37. The van der Waals surface area contributed by atoms with E-state index in [-0.39, 0.29) is 17.3 Å². The molecule has 0 saturated heterocycles. The van der Waals surface area contributed by atoms with Crippen LogP contribution in [0, 0.1) is 5.41 Å². The molecule has 3 rings (SSSR count). The second kappa shape index (κ2) is 5.79. The maximum Gasteiger partial charge on any atom is 0.274 e. The maximum atomic E-state index is 12.1. The van der Waals surface area contributed by atoms with Crippen molar-refractivity contribution in [2.24, 2.45) is 0 Å². The van der Waals surface area contributed by atoms with Crippen LogP contribution in [0.2, 0.25) is 0 Å². The molecule has 1 aliphatic rings. The van der Waals surface area contributed by atoms with Gasteiger partial charge in [0.15, 0.2) is 0 Å². The number of nitrogens with two attached hydrogens (primary N) is 1. The minimum Gasteiger partial charge on any atom is -0.497 e. The van der Waals surface area contributed by atoms with E-state index in [0.717, 1.165) is 11.3 Å². The predicted molar refractivity (Wildman–Crippen MR) is 89.9 cm³/mol. The highest BCUT2D eigenvalue weighted by molar-refractivity contribution is 5.95. The van der Waals surface area contributed by atoms with Crippen molar-refractivity contribution in [2.75, 3.05) is 12.8 Å².